The van der Waals surface area contributed by atoms with Gasteiger partial charge < -0.3 is 19.9 Å². The number of carbonyl (C=O) groups excluding carboxylic acids is 2. The lowest BCUT2D eigenvalue weighted by atomic mass is 9.86. The molecule has 0 spiro atoms. The zero-order valence-corrected chi connectivity index (χ0v) is 19.6. The molecular formula is C28H33N3O3. The van der Waals surface area contributed by atoms with E-state index in [2.05, 4.69) is 27.2 Å². The quantitative estimate of drug-likeness (QED) is 0.634. The van der Waals surface area contributed by atoms with Gasteiger partial charge in [-0.15, -0.1) is 0 Å². The van der Waals surface area contributed by atoms with Gasteiger partial charge in [0.1, 0.15) is 12.0 Å². The number of hydrogen-bond acceptors (Lipinski definition) is 5. The van der Waals surface area contributed by atoms with Gasteiger partial charge in [-0.05, 0) is 68.3 Å². The SMILES string of the molecule is O=C1C=CC=C(C2=CN(CCN3CCC(c4ccccc4C(=O)NCC4CC4)CC3)C=CO2)C1. The van der Waals surface area contributed by atoms with Crippen LogP contribution in [0.25, 0.3) is 0 Å². The number of allylic oxidation sites excluding steroid dienone is 4. The van der Waals surface area contributed by atoms with Crippen molar-refractivity contribution in [3.8, 4) is 0 Å². The Morgan fingerprint density at radius 3 is 2.71 bits per heavy atom. The number of rotatable bonds is 8. The molecule has 0 bridgehead atoms. The first-order chi connectivity index (χ1) is 16.7. The van der Waals surface area contributed by atoms with Crippen molar-refractivity contribution in [1.82, 2.24) is 15.1 Å². The fourth-order valence-electron chi connectivity index (χ4n) is 4.89. The maximum absolute atomic E-state index is 12.8. The molecule has 1 saturated heterocycles. The van der Waals surface area contributed by atoms with Crippen LogP contribution < -0.4 is 5.32 Å². The number of piperidine rings is 1. The van der Waals surface area contributed by atoms with Crippen LogP contribution in [0.3, 0.4) is 0 Å². The Labute approximate surface area is 201 Å². The molecule has 1 aromatic rings. The molecule has 4 aliphatic rings. The molecule has 2 fully saturated rings. The average Bonchev–Trinajstić information content (AvgIpc) is 3.71. The molecule has 34 heavy (non-hydrogen) atoms. The van der Waals surface area contributed by atoms with E-state index in [1.165, 1.54) is 18.4 Å². The topological polar surface area (TPSA) is 61.9 Å². The van der Waals surface area contributed by atoms with E-state index >= 15 is 0 Å². The highest BCUT2D eigenvalue weighted by molar-refractivity contribution is 5.96. The first kappa shape index (κ1) is 22.7. The second-order valence-electron chi connectivity index (χ2n) is 9.68. The maximum atomic E-state index is 12.8. The second kappa shape index (κ2) is 10.4. The third-order valence-electron chi connectivity index (χ3n) is 7.15. The fraction of sp³-hybridized carbons (Fsp3) is 0.429. The number of hydrogen-bond donors (Lipinski definition) is 1. The van der Waals surface area contributed by atoms with Crippen molar-refractivity contribution in [2.45, 2.75) is 38.0 Å². The number of ketones is 1. The minimum Gasteiger partial charge on any atom is -0.462 e. The summed E-state index contributed by atoms with van der Waals surface area (Å²) < 4.78 is 5.65. The summed E-state index contributed by atoms with van der Waals surface area (Å²) in [6, 6.07) is 8.14. The van der Waals surface area contributed by atoms with E-state index in [4.69, 9.17) is 4.74 Å². The Hall–Kier alpha value is -3.12. The minimum absolute atomic E-state index is 0.0805. The van der Waals surface area contributed by atoms with Crippen molar-refractivity contribution in [3.05, 3.63) is 83.6 Å². The molecule has 6 heteroatoms. The fourth-order valence-corrected chi connectivity index (χ4v) is 4.89. The molecule has 0 radical (unpaired) electrons. The smallest absolute Gasteiger partial charge is 0.251 e. The molecule has 5 rings (SSSR count). The minimum atomic E-state index is 0.0805. The lowest BCUT2D eigenvalue weighted by Gasteiger charge is -2.34. The van der Waals surface area contributed by atoms with Crippen molar-refractivity contribution in [1.29, 1.82) is 0 Å². The van der Waals surface area contributed by atoms with Gasteiger partial charge in [0.2, 0.25) is 0 Å². The van der Waals surface area contributed by atoms with Gasteiger partial charge in [-0.3, -0.25) is 9.59 Å². The van der Waals surface area contributed by atoms with Gasteiger partial charge in [-0.1, -0.05) is 30.4 Å². The van der Waals surface area contributed by atoms with E-state index in [1.54, 1.807) is 18.4 Å². The van der Waals surface area contributed by atoms with Crippen molar-refractivity contribution < 1.29 is 14.3 Å². The molecule has 1 aromatic carbocycles. The van der Waals surface area contributed by atoms with Crippen LogP contribution in [0, 0.1) is 5.92 Å². The van der Waals surface area contributed by atoms with Crippen LogP contribution >= 0.6 is 0 Å². The van der Waals surface area contributed by atoms with E-state index in [0.717, 1.165) is 62.5 Å². The summed E-state index contributed by atoms with van der Waals surface area (Å²) in [5.74, 6) is 2.04. The van der Waals surface area contributed by atoms with E-state index in [-0.39, 0.29) is 11.7 Å². The molecule has 0 unspecified atom stereocenters. The zero-order valence-electron chi connectivity index (χ0n) is 19.6. The van der Waals surface area contributed by atoms with Gasteiger partial charge in [0.15, 0.2) is 5.78 Å². The Balaban J connectivity index is 1.12. The molecule has 2 aliphatic carbocycles. The lowest BCUT2D eigenvalue weighted by Crippen LogP contribution is -2.38. The van der Waals surface area contributed by atoms with Crippen molar-refractivity contribution in [2.75, 3.05) is 32.7 Å². The third-order valence-corrected chi connectivity index (χ3v) is 7.15. The standard InChI is InChI=1S/C28H33N3O3/c32-24-5-3-4-23(18-24)27-20-31(16-17-34-27)15-14-30-12-10-22(11-13-30)25-6-1-2-7-26(25)28(33)29-19-21-8-9-21/h1-7,16-17,20-22H,8-15,18-19H2,(H,29,33). The number of amides is 1. The molecular weight excluding hydrogens is 426 g/mol. The monoisotopic (exact) mass is 459 g/mol. The highest BCUT2D eigenvalue weighted by atomic mass is 16.5. The van der Waals surface area contributed by atoms with Gasteiger partial charge in [0, 0.05) is 49.6 Å². The van der Waals surface area contributed by atoms with Crippen molar-refractivity contribution >= 4 is 11.7 Å². The Morgan fingerprint density at radius 2 is 1.91 bits per heavy atom. The van der Waals surface area contributed by atoms with E-state index < -0.39 is 0 Å². The van der Waals surface area contributed by atoms with E-state index in [0.29, 0.717) is 18.3 Å². The van der Waals surface area contributed by atoms with Crippen LogP contribution in [0.4, 0.5) is 0 Å². The van der Waals surface area contributed by atoms with Crippen LogP contribution in [0.15, 0.2) is 72.5 Å². The predicted molar refractivity (Wildman–Crippen MR) is 132 cm³/mol. The number of ether oxygens (including phenoxy) is 1. The number of benzene rings is 1. The highest BCUT2D eigenvalue weighted by Crippen LogP contribution is 2.31. The summed E-state index contributed by atoms with van der Waals surface area (Å²) in [4.78, 5) is 29.1. The Kier molecular flexibility index (Phi) is 6.95. The summed E-state index contributed by atoms with van der Waals surface area (Å²) in [6.45, 7) is 4.69. The molecule has 2 aliphatic heterocycles. The first-order valence-electron chi connectivity index (χ1n) is 12.5. The second-order valence-corrected chi connectivity index (χ2v) is 9.68. The summed E-state index contributed by atoms with van der Waals surface area (Å²) in [6.07, 6.45) is 15.9. The summed E-state index contributed by atoms with van der Waals surface area (Å²) in [5, 5.41) is 3.13. The number of likely N-dealkylation sites (tertiary alicyclic amines) is 1. The average molecular weight is 460 g/mol. The highest BCUT2D eigenvalue weighted by Gasteiger charge is 2.26. The number of nitrogens with zero attached hydrogens (tertiary/aromatic N) is 2. The van der Waals surface area contributed by atoms with E-state index in [9.17, 15) is 9.59 Å². The molecule has 1 amide bonds. The van der Waals surface area contributed by atoms with Crippen LogP contribution in [0.5, 0.6) is 0 Å². The molecule has 2 heterocycles. The van der Waals surface area contributed by atoms with Crippen molar-refractivity contribution in [3.63, 3.8) is 0 Å². The number of nitrogens with one attached hydrogen (secondary N) is 1. The van der Waals surface area contributed by atoms with Gasteiger partial charge in [-0.2, -0.15) is 0 Å². The molecule has 0 aromatic heterocycles. The lowest BCUT2D eigenvalue weighted by molar-refractivity contribution is -0.114. The normalized spacial score (nSPS) is 21.2. The third kappa shape index (κ3) is 5.68. The molecule has 1 saturated carbocycles. The van der Waals surface area contributed by atoms with Gasteiger partial charge in [0.05, 0.1) is 0 Å². The molecule has 1 N–H and O–H groups in total. The number of carbonyl (C=O) groups is 2. The predicted octanol–water partition coefficient (Wildman–Crippen LogP) is 4.11. The van der Waals surface area contributed by atoms with Crippen LogP contribution in [0.2, 0.25) is 0 Å². The van der Waals surface area contributed by atoms with Crippen LogP contribution in [-0.4, -0.2) is 54.2 Å². The largest absolute Gasteiger partial charge is 0.462 e. The molecule has 0 atom stereocenters. The summed E-state index contributed by atoms with van der Waals surface area (Å²) in [7, 11) is 0. The molecule has 178 valence electrons. The van der Waals surface area contributed by atoms with Crippen LogP contribution in [-0.2, 0) is 9.53 Å². The van der Waals surface area contributed by atoms with Crippen LogP contribution in [0.1, 0.15) is 53.9 Å². The van der Waals surface area contributed by atoms with Gasteiger partial charge in [0.25, 0.3) is 5.91 Å². The summed E-state index contributed by atoms with van der Waals surface area (Å²) in [5.41, 5.74) is 2.97. The summed E-state index contributed by atoms with van der Waals surface area (Å²) >= 11 is 0. The molecule has 6 nitrogen and oxygen atoms in total. The first-order valence-corrected chi connectivity index (χ1v) is 12.5. The zero-order chi connectivity index (χ0) is 23.3. The van der Waals surface area contributed by atoms with E-state index in [1.807, 2.05) is 30.6 Å². The van der Waals surface area contributed by atoms with Crippen molar-refractivity contribution in [2.24, 2.45) is 5.92 Å². The Bertz CT molecular complexity index is 1040. The van der Waals surface area contributed by atoms with Gasteiger partial charge in [-0.25, -0.2) is 0 Å². The maximum Gasteiger partial charge on any atom is 0.251 e. The Morgan fingerprint density at radius 1 is 1.09 bits per heavy atom. The van der Waals surface area contributed by atoms with Gasteiger partial charge >= 0.3 is 0 Å².